The van der Waals surface area contributed by atoms with Crippen molar-refractivity contribution in [3.05, 3.63) is 30.1 Å². The molecule has 0 fully saturated rings. The molecule has 0 atom stereocenters. The molecule has 0 saturated heterocycles. The summed E-state index contributed by atoms with van der Waals surface area (Å²) in [5.74, 6) is -0.370. The summed E-state index contributed by atoms with van der Waals surface area (Å²) in [5.41, 5.74) is 6.79. The lowest BCUT2D eigenvalue weighted by Crippen LogP contribution is -2.18. The van der Waals surface area contributed by atoms with Crippen molar-refractivity contribution in [3.8, 4) is 6.07 Å². The van der Waals surface area contributed by atoms with Gasteiger partial charge in [-0.2, -0.15) is 5.26 Å². The first-order valence-corrected chi connectivity index (χ1v) is 4.86. The number of carbonyl (C=O) groups is 1. The van der Waals surface area contributed by atoms with Crippen LogP contribution in [0.15, 0.2) is 24.3 Å². The normalized spacial score (nSPS) is 10.2. The van der Waals surface area contributed by atoms with Crippen molar-refractivity contribution < 1.29 is 4.79 Å². The maximum absolute atomic E-state index is 11.2. The summed E-state index contributed by atoms with van der Waals surface area (Å²) in [6.45, 7) is 0.426. The first-order chi connectivity index (χ1) is 7.74. The average molecular weight is 214 g/mol. The highest BCUT2D eigenvalue weighted by Crippen LogP contribution is 2.15. The van der Waals surface area contributed by atoms with Crippen LogP contribution >= 0.6 is 0 Å². The number of primary amides is 1. The third kappa shape index (κ3) is 1.61. The maximum atomic E-state index is 11.2. The van der Waals surface area contributed by atoms with Gasteiger partial charge < -0.3 is 10.3 Å². The number of hydrogen-bond donors (Lipinski definition) is 1. The van der Waals surface area contributed by atoms with Crippen LogP contribution in [0.25, 0.3) is 11.0 Å². The van der Waals surface area contributed by atoms with Crippen molar-refractivity contribution in [2.45, 2.75) is 13.0 Å². The number of imidazole rings is 1. The van der Waals surface area contributed by atoms with Crippen LogP contribution in [-0.2, 0) is 6.54 Å². The molecule has 5 heteroatoms. The summed E-state index contributed by atoms with van der Waals surface area (Å²) >= 11 is 0. The van der Waals surface area contributed by atoms with Gasteiger partial charge in [-0.05, 0) is 12.1 Å². The number of nitriles is 1. The Hall–Kier alpha value is -2.35. The van der Waals surface area contributed by atoms with Crippen molar-refractivity contribution in [1.29, 1.82) is 5.26 Å². The molecule has 0 unspecified atom stereocenters. The van der Waals surface area contributed by atoms with Gasteiger partial charge in [0.15, 0.2) is 5.82 Å². The fraction of sp³-hybridized carbons (Fsp3) is 0.182. The van der Waals surface area contributed by atoms with Crippen molar-refractivity contribution in [1.82, 2.24) is 9.55 Å². The van der Waals surface area contributed by atoms with Gasteiger partial charge in [0, 0.05) is 6.54 Å². The first kappa shape index (κ1) is 10.2. The maximum Gasteiger partial charge on any atom is 0.284 e. The van der Waals surface area contributed by atoms with Crippen LogP contribution in [0.1, 0.15) is 17.0 Å². The SMILES string of the molecule is N#CCCn1c(C(N)=O)nc2ccccc21. The summed E-state index contributed by atoms with van der Waals surface area (Å²) in [6, 6.07) is 9.40. The van der Waals surface area contributed by atoms with Gasteiger partial charge in [0.25, 0.3) is 5.91 Å². The molecular formula is C11H10N4O. The Balaban J connectivity index is 2.60. The minimum Gasteiger partial charge on any atom is -0.363 e. The monoisotopic (exact) mass is 214 g/mol. The van der Waals surface area contributed by atoms with E-state index in [0.29, 0.717) is 18.5 Å². The van der Waals surface area contributed by atoms with E-state index in [9.17, 15) is 4.79 Å². The molecule has 0 saturated carbocycles. The Morgan fingerprint density at radius 3 is 2.94 bits per heavy atom. The van der Waals surface area contributed by atoms with E-state index in [-0.39, 0.29) is 5.82 Å². The minimum atomic E-state index is -0.575. The molecule has 1 aromatic heterocycles. The molecule has 2 aromatic rings. The third-order valence-electron chi connectivity index (χ3n) is 2.32. The molecule has 1 heterocycles. The molecule has 80 valence electrons. The zero-order valence-electron chi connectivity index (χ0n) is 8.55. The minimum absolute atomic E-state index is 0.205. The Labute approximate surface area is 92.1 Å². The molecule has 16 heavy (non-hydrogen) atoms. The lowest BCUT2D eigenvalue weighted by molar-refractivity contribution is 0.0987. The Morgan fingerprint density at radius 2 is 2.25 bits per heavy atom. The van der Waals surface area contributed by atoms with Gasteiger partial charge in [-0.1, -0.05) is 12.1 Å². The topological polar surface area (TPSA) is 84.7 Å². The van der Waals surface area contributed by atoms with Crippen molar-refractivity contribution >= 4 is 16.9 Å². The summed E-state index contributed by atoms with van der Waals surface area (Å²) in [4.78, 5) is 15.4. The second kappa shape index (κ2) is 4.03. The summed E-state index contributed by atoms with van der Waals surface area (Å²) in [6.07, 6.45) is 0.320. The number of benzene rings is 1. The van der Waals surface area contributed by atoms with E-state index in [1.807, 2.05) is 30.3 Å². The van der Waals surface area contributed by atoms with E-state index in [0.717, 1.165) is 5.52 Å². The molecule has 1 aromatic carbocycles. The Kier molecular flexibility index (Phi) is 2.56. The van der Waals surface area contributed by atoms with E-state index >= 15 is 0 Å². The fourth-order valence-electron chi connectivity index (χ4n) is 1.65. The van der Waals surface area contributed by atoms with Gasteiger partial charge in [0.1, 0.15) is 0 Å². The molecule has 5 nitrogen and oxygen atoms in total. The second-order valence-electron chi connectivity index (χ2n) is 3.35. The van der Waals surface area contributed by atoms with Crippen molar-refractivity contribution in [3.63, 3.8) is 0 Å². The van der Waals surface area contributed by atoms with Crippen LogP contribution in [0.3, 0.4) is 0 Å². The van der Waals surface area contributed by atoms with Gasteiger partial charge in [-0.15, -0.1) is 0 Å². The number of amides is 1. The zero-order chi connectivity index (χ0) is 11.5. The van der Waals surface area contributed by atoms with Crippen LogP contribution in [-0.4, -0.2) is 15.5 Å². The molecule has 0 bridgehead atoms. The van der Waals surface area contributed by atoms with Gasteiger partial charge in [0.05, 0.1) is 23.5 Å². The predicted molar refractivity (Wildman–Crippen MR) is 58.5 cm³/mol. The molecule has 2 N–H and O–H groups in total. The first-order valence-electron chi connectivity index (χ1n) is 4.86. The molecule has 0 spiro atoms. The quantitative estimate of drug-likeness (QED) is 0.828. The van der Waals surface area contributed by atoms with Crippen LogP contribution in [0.4, 0.5) is 0 Å². The zero-order valence-corrected chi connectivity index (χ0v) is 8.55. The number of aromatic nitrogens is 2. The van der Waals surface area contributed by atoms with E-state index in [1.165, 1.54) is 0 Å². The number of hydrogen-bond acceptors (Lipinski definition) is 3. The molecule has 1 amide bonds. The van der Waals surface area contributed by atoms with E-state index in [2.05, 4.69) is 4.98 Å². The number of aryl methyl sites for hydroxylation is 1. The predicted octanol–water partition coefficient (Wildman–Crippen LogP) is 1.05. The number of nitrogens with two attached hydrogens (primary N) is 1. The van der Waals surface area contributed by atoms with Crippen LogP contribution in [0.2, 0.25) is 0 Å². The fourth-order valence-corrected chi connectivity index (χ4v) is 1.65. The van der Waals surface area contributed by atoms with E-state index in [4.69, 9.17) is 11.0 Å². The molecular weight excluding hydrogens is 204 g/mol. The van der Waals surface area contributed by atoms with Gasteiger partial charge in [-0.25, -0.2) is 4.98 Å². The number of rotatable bonds is 3. The summed E-state index contributed by atoms with van der Waals surface area (Å²) < 4.78 is 1.68. The van der Waals surface area contributed by atoms with Gasteiger partial charge >= 0.3 is 0 Å². The molecule has 0 aliphatic heterocycles. The average Bonchev–Trinajstić information content (AvgIpc) is 2.65. The lowest BCUT2D eigenvalue weighted by Gasteiger charge is -2.03. The third-order valence-corrected chi connectivity index (χ3v) is 2.32. The van der Waals surface area contributed by atoms with Crippen molar-refractivity contribution in [2.24, 2.45) is 5.73 Å². The van der Waals surface area contributed by atoms with E-state index < -0.39 is 5.91 Å². The van der Waals surface area contributed by atoms with Crippen molar-refractivity contribution in [2.75, 3.05) is 0 Å². The number of fused-ring (bicyclic) bond motifs is 1. The molecule has 0 aliphatic carbocycles. The highest BCUT2D eigenvalue weighted by molar-refractivity contribution is 5.93. The van der Waals surface area contributed by atoms with Gasteiger partial charge in [-0.3, -0.25) is 4.79 Å². The largest absolute Gasteiger partial charge is 0.363 e. The standard InChI is InChI=1S/C11H10N4O/c12-6-3-7-15-9-5-2-1-4-8(9)14-11(15)10(13)16/h1-2,4-5H,3,7H2,(H2,13,16). The van der Waals surface area contributed by atoms with Crippen LogP contribution in [0, 0.1) is 11.3 Å². The summed E-state index contributed by atoms with van der Waals surface area (Å²) in [5, 5.41) is 8.57. The van der Waals surface area contributed by atoms with Crippen LogP contribution in [0.5, 0.6) is 0 Å². The number of para-hydroxylation sites is 2. The Morgan fingerprint density at radius 1 is 1.50 bits per heavy atom. The Bertz CT molecular complexity index is 579. The molecule has 0 aliphatic rings. The number of nitrogens with zero attached hydrogens (tertiary/aromatic N) is 3. The number of carbonyl (C=O) groups excluding carboxylic acids is 1. The second-order valence-corrected chi connectivity index (χ2v) is 3.35. The molecule has 0 radical (unpaired) electrons. The lowest BCUT2D eigenvalue weighted by atomic mass is 10.3. The molecule has 2 rings (SSSR count). The summed E-state index contributed by atoms with van der Waals surface area (Å²) in [7, 11) is 0. The smallest absolute Gasteiger partial charge is 0.284 e. The highest BCUT2D eigenvalue weighted by atomic mass is 16.1. The van der Waals surface area contributed by atoms with E-state index in [1.54, 1.807) is 4.57 Å². The highest BCUT2D eigenvalue weighted by Gasteiger charge is 2.13. The van der Waals surface area contributed by atoms with Gasteiger partial charge in [0.2, 0.25) is 0 Å². The van der Waals surface area contributed by atoms with Crippen LogP contribution < -0.4 is 5.73 Å².